The second-order valence-electron chi connectivity index (χ2n) is 10.1. The molecule has 2 aromatic carbocycles. The lowest BCUT2D eigenvalue weighted by Crippen LogP contribution is -2.71. The quantitative estimate of drug-likeness (QED) is 0.233. The normalized spacial score (nSPS) is 17.4. The summed E-state index contributed by atoms with van der Waals surface area (Å²) in [6.07, 6.45) is 0.600. The van der Waals surface area contributed by atoms with Crippen LogP contribution in [0.4, 0.5) is 5.69 Å². The van der Waals surface area contributed by atoms with E-state index in [1.54, 1.807) is 18.2 Å². The predicted octanol–water partition coefficient (Wildman–Crippen LogP) is -0.505. The van der Waals surface area contributed by atoms with Crippen LogP contribution in [0.2, 0.25) is 5.21 Å². The Morgan fingerprint density at radius 2 is 1.75 bits per heavy atom. The highest BCUT2D eigenvalue weighted by Gasteiger charge is 2.56. The van der Waals surface area contributed by atoms with Crippen LogP contribution in [0.5, 0.6) is 0 Å². The average molecular weight is 536 g/mol. The van der Waals surface area contributed by atoms with Crippen molar-refractivity contribution in [1.82, 2.24) is 15.1 Å². The Morgan fingerprint density at radius 3 is 2.38 bits per heavy atom. The fourth-order valence-corrected chi connectivity index (χ4v) is 4.74. The highest BCUT2D eigenvalue weighted by Crippen LogP contribution is 2.43. The number of morpholine rings is 1. The number of likely N-dealkylation sites (N-methyl/N-ethyl adjacent to an activating group) is 2. The molecule has 0 spiro atoms. The molecule has 2 atom stereocenters. The number of amides is 1. The molecule has 0 aromatic heterocycles. The van der Waals surface area contributed by atoms with E-state index in [1.807, 2.05) is 12.1 Å². The molecule has 0 bridgehead atoms. The Balaban J connectivity index is 1.87. The average Bonchev–Trinajstić information content (AvgIpc) is 2.96. The summed E-state index contributed by atoms with van der Waals surface area (Å²) in [4.78, 5) is 40.1. The molecule has 202 valence electrons. The molecule has 1 fully saturated rings. The highest BCUT2D eigenvalue weighted by molar-refractivity contribution is 6.54. The number of aldehydes is 2. The molecule has 1 aliphatic rings. The molecular weight excluding hydrogens is 504 g/mol. The molecule has 40 heavy (non-hydrogen) atoms. The number of rotatable bonds is 13. The Kier molecular flexibility index (Phi) is 10.5. The predicted molar refractivity (Wildman–Crippen MR) is 157 cm³/mol. The topological polar surface area (TPSA) is 111 Å². The number of nitrogens with one attached hydrogen (secondary N) is 2. The van der Waals surface area contributed by atoms with Gasteiger partial charge in [-0.1, -0.05) is 41.6 Å². The van der Waals surface area contributed by atoms with Crippen molar-refractivity contribution < 1.29 is 24.2 Å². The zero-order valence-electron chi connectivity index (χ0n) is 22.9. The van der Waals surface area contributed by atoms with Crippen LogP contribution in [0.1, 0.15) is 27.0 Å². The third-order valence-electron chi connectivity index (χ3n) is 7.37. The van der Waals surface area contributed by atoms with Crippen LogP contribution >= 0.6 is 0 Å². The third kappa shape index (κ3) is 6.54. The van der Waals surface area contributed by atoms with Gasteiger partial charge in [-0.25, -0.2) is 0 Å². The molecule has 1 aliphatic heterocycles. The van der Waals surface area contributed by atoms with Gasteiger partial charge in [-0.05, 0) is 29.8 Å². The van der Waals surface area contributed by atoms with Gasteiger partial charge in [0.15, 0.2) is 0 Å². The molecule has 2 aromatic rings. The van der Waals surface area contributed by atoms with Crippen LogP contribution in [-0.2, 0) is 34.0 Å². The number of hydrogen-bond donors (Lipinski definition) is 3. The van der Waals surface area contributed by atoms with Gasteiger partial charge in [0.2, 0.25) is 5.91 Å². The summed E-state index contributed by atoms with van der Waals surface area (Å²) in [6, 6.07) is 13.3. The molecule has 8 radical (unpaired) electrons. The monoisotopic (exact) mass is 536 g/mol. The van der Waals surface area contributed by atoms with Gasteiger partial charge < -0.3 is 25.3 Å². The van der Waals surface area contributed by atoms with Crippen LogP contribution in [0.15, 0.2) is 42.5 Å². The first kappa shape index (κ1) is 31.7. The van der Waals surface area contributed by atoms with Crippen LogP contribution in [-0.4, -0.2) is 116 Å². The molecule has 3 N–H and O–H groups in total. The molecule has 13 heteroatoms. The lowest BCUT2D eigenvalue weighted by Gasteiger charge is -2.55. The van der Waals surface area contributed by atoms with Crippen molar-refractivity contribution in [2.24, 2.45) is 0 Å². The van der Waals surface area contributed by atoms with E-state index in [0.717, 1.165) is 38.4 Å². The molecule has 0 aliphatic carbocycles. The Morgan fingerprint density at radius 1 is 1.10 bits per heavy atom. The fourth-order valence-electron chi connectivity index (χ4n) is 4.74. The van der Waals surface area contributed by atoms with Gasteiger partial charge in [-0.15, -0.1) is 0 Å². The van der Waals surface area contributed by atoms with Gasteiger partial charge in [-0.2, -0.15) is 0 Å². The number of carbonyl (C=O) groups excluding carboxylic acids is 3. The summed E-state index contributed by atoms with van der Waals surface area (Å²) in [7, 11) is 27.0. The van der Waals surface area contributed by atoms with Gasteiger partial charge in [0.1, 0.15) is 28.3 Å². The molecule has 2 unspecified atom stereocenters. The van der Waals surface area contributed by atoms with Crippen molar-refractivity contribution in [2.75, 3.05) is 45.7 Å². The Labute approximate surface area is 241 Å². The standard InChI is InChI=1S/C27H32B4N4O5/c1-32-24(38)26(29,27(30,31)25(28,39)18-37)34(2)16-22-21(17-36)7-4-8-23(22)33-14-19-5-3-6-20(13-19)15-35-9-11-40-12-10-35/h3-8,13,17-18,33,39H,9-12,14-16H2,1-2H3,(H,32,38). The van der Waals surface area contributed by atoms with Crippen molar-refractivity contribution in [3.8, 4) is 0 Å². The van der Waals surface area contributed by atoms with Crippen LogP contribution in [0.25, 0.3) is 0 Å². The van der Waals surface area contributed by atoms with Gasteiger partial charge in [0.25, 0.3) is 0 Å². The number of nitrogens with zero attached hydrogens (tertiary/aromatic N) is 2. The molecule has 1 amide bonds. The second-order valence-corrected chi connectivity index (χ2v) is 10.1. The number of hydrogen-bond acceptors (Lipinski definition) is 8. The van der Waals surface area contributed by atoms with Crippen molar-refractivity contribution in [1.29, 1.82) is 0 Å². The first-order valence-corrected chi connectivity index (χ1v) is 12.9. The van der Waals surface area contributed by atoms with Gasteiger partial charge >= 0.3 is 0 Å². The molecule has 9 nitrogen and oxygen atoms in total. The van der Waals surface area contributed by atoms with Crippen molar-refractivity contribution in [3.05, 3.63) is 64.7 Å². The fraction of sp³-hybridized carbons (Fsp3) is 0.444. The molecular formula is C27H32B4N4O5. The number of benzene rings is 2. The van der Waals surface area contributed by atoms with Crippen molar-refractivity contribution >= 4 is 55.6 Å². The highest BCUT2D eigenvalue weighted by atomic mass is 16.5. The van der Waals surface area contributed by atoms with Crippen LogP contribution in [0, 0.1) is 0 Å². The summed E-state index contributed by atoms with van der Waals surface area (Å²) < 4.78 is 5.43. The Hall–Kier alpha value is -2.85. The van der Waals surface area contributed by atoms with E-state index in [2.05, 4.69) is 27.7 Å². The van der Waals surface area contributed by atoms with Crippen LogP contribution < -0.4 is 10.6 Å². The van der Waals surface area contributed by atoms with E-state index in [4.69, 9.17) is 36.1 Å². The van der Waals surface area contributed by atoms with E-state index < -0.39 is 22.1 Å². The number of ether oxygens (including phenoxy) is 1. The van der Waals surface area contributed by atoms with Gasteiger partial charge in [0, 0.05) is 51.0 Å². The minimum atomic E-state index is -2.86. The Bertz CT molecular complexity index is 1210. The summed E-state index contributed by atoms with van der Waals surface area (Å²) in [5, 5.41) is 13.5. The first-order chi connectivity index (χ1) is 18.9. The maximum absolute atomic E-state index is 13.0. The largest absolute Gasteiger partial charge is 0.393 e. The van der Waals surface area contributed by atoms with E-state index in [0.29, 0.717) is 29.6 Å². The smallest absolute Gasteiger partial charge is 0.229 e. The summed E-state index contributed by atoms with van der Waals surface area (Å²) in [5.41, 5.74) is -1.61. The SMILES string of the molecule is [B]C(O)(C=O)C([B])([B])C([B])(C(=O)NC)N(C)Cc1c(C=O)cccc1NCc1cccc(CN2CCOCC2)c1. The summed E-state index contributed by atoms with van der Waals surface area (Å²) in [5.74, 6) is -0.902. The zero-order valence-corrected chi connectivity index (χ0v) is 22.9. The third-order valence-corrected chi connectivity index (χ3v) is 7.37. The molecule has 0 saturated carbocycles. The van der Waals surface area contributed by atoms with E-state index >= 15 is 0 Å². The maximum atomic E-state index is 13.0. The van der Waals surface area contributed by atoms with Crippen molar-refractivity contribution in [3.63, 3.8) is 0 Å². The number of carbonyl (C=O) groups is 3. The van der Waals surface area contributed by atoms with E-state index in [9.17, 15) is 19.5 Å². The lowest BCUT2D eigenvalue weighted by atomic mass is 9.30. The lowest BCUT2D eigenvalue weighted by molar-refractivity contribution is -0.132. The minimum Gasteiger partial charge on any atom is -0.393 e. The second kappa shape index (κ2) is 13.2. The summed E-state index contributed by atoms with van der Waals surface area (Å²) in [6.45, 7) is 4.37. The zero-order chi connectivity index (χ0) is 29.6. The van der Waals surface area contributed by atoms with Gasteiger partial charge in [-0.3, -0.25) is 19.4 Å². The first-order valence-electron chi connectivity index (χ1n) is 12.9. The van der Waals surface area contributed by atoms with E-state index in [-0.39, 0.29) is 12.8 Å². The molecule has 3 rings (SSSR count). The number of aliphatic hydroxyl groups is 1. The molecule has 1 heterocycles. The van der Waals surface area contributed by atoms with Crippen LogP contribution in [0.3, 0.4) is 0 Å². The van der Waals surface area contributed by atoms with Crippen molar-refractivity contribution in [2.45, 2.75) is 35.8 Å². The maximum Gasteiger partial charge on any atom is 0.229 e. The molecule has 1 saturated heterocycles. The summed E-state index contributed by atoms with van der Waals surface area (Å²) >= 11 is 0. The van der Waals surface area contributed by atoms with Gasteiger partial charge in [0.05, 0.1) is 39.8 Å². The number of anilines is 1. The van der Waals surface area contributed by atoms with E-state index in [1.165, 1.54) is 24.6 Å². The minimum absolute atomic E-state index is 0.0785.